The van der Waals surface area contributed by atoms with E-state index >= 15 is 0 Å². The van der Waals surface area contributed by atoms with Gasteiger partial charge >= 0.3 is 0 Å². The number of anilines is 1. The van der Waals surface area contributed by atoms with Crippen molar-refractivity contribution in [3.05, 3.63) is 65.3 Å². The van der Waals surface area contributed by atoms with E-state index < -0.39 is 5.41 Å². The van der Waals surface area contributed by atoms with Crippen molar-refractivity contribution in [2.24, 2.45) is 5.92 Å². The van der Waals surface area contributed by atoms with E-state index in [0.717, 1.165) is 53.6 Å². The Hall–Kier alpha value is -2.59. The molecule has 0 unspecified atom stereocenters. The third kappa shape index (κ3) is 4.01. The highest BCUT2D eigenvalue weighted by Crippen LogP contribution is 2.43. The smallest absolute Gasteiger partial charge is 0.235 e. The Morgan fingerprint density at radius 2 is 1.87 bits per heavy atom. The molecular weight excluding hydrogens is 396 g/mol. The summed E-state index contributed by atoms with van der Waals surface area (Å²) in [7, 11) is 0. The molecule has 1 N–H and O–H groups in total. The molecule has 5 heteroatoms. The number of aromatic nitrogens is 1. The molecule has 1 saturated carbocycles. The fraction of sp³-hybridized carbons (Fsp3) is 0.360. The minimum atomic E-state index is -0.522. The second kappa shape index (κ2) is 8.65. The van der Waals surface area contributed by atoms with Crippen molar-refractivity contribution in [2.45, 2.75) is 44.9 Å². The van der Waals surface area contributed by atoms with Crippen LogP contribution in [-0.4, -0.2) is 17.5 Å². The number of hydrogen-bond donors (Lipinski definition) is 1. The molecule has 1 aromatic heterocycles. The van der Waals surface area contributed by atoms with Gasteiger partial charge in [-0.3, -0.25) is 9.78 Å². The van der Waals surface area contributed by atoms with Crippen LogP contribution in [0.15, 0.2) is 54.7 Å². The third-order valence-corrected chi connectivity index (χ3v) is 6.09. The molecule has 0 saturated heterocycles. The summed E-state index contributed by atoms with van der Waals surface area (Å²) >= 11 is 6.08. The molecule has 156 valence electrons. The quantitative estimate of drug-likeness (QED) is 0.501. The second-order valence-corrected chi connectivity index (χ2v) is 8.90. The van der Waals surface area contributed by atoms with Gasteiger partial charge in [-0.1, -0.05) is 50.4 Å². The molecule has 0 aliphatic heterocycles. The minimum absolute atomic E-state index is 0.0309. The largest absolute Gasteiger partial charge is 0.491 e. The first-order chi connectivity index (χ1) is 14.5. The number of nitrogens with zero attached hydrogens (tertiary/aromatic N) is 1. The summed E-state index contributed by atoms with van der Waals surface area (Å²) in [4.78, 5) is 18.1. The van der Waals surface area contributed by atoms with Crippen molar-refractivity contribution in [2.75, 3.05) is 11.9 Å². The summed E-state index contributed by atoms with van der Waals surface area (Å²) in [5.74, 6) is 1.19. The first kappa shape index (κ1) is 20.7. The zero-order valence-electron chi connectivity index (χ0n) is 17.5. The molecule has 4 rings (SSSR count). The number of halogens is 1. The lowest BCUT2D eigenvalue weighted by atomic mass is 9.78. The normalized spacial score (nSPS) is 15.5. The molecule has 1 aliphatic carbocycles. The van der Waals surface area contributed by atoms with Gasteiger partial charge in [-0.25, -0.2) is 0 Å². The molecule has 0 spiro atoms. The zero-order chi connectivity index (χ0) is 21.1. The van der Waals surface area contributed by atoms with Crippen LogP contribution in [0.5, 0.6) is 5.75 Å². The highest BCUT2D eigenvalue weighted by atomic mass is 35.5. The maximum Gasteiger partial charge on any atom is 0.235 e. The number of fused-ring (bicyclic) bond motifs is 1. The maximum atomic E-state index is 13.6. The van der Waals surface area contributed by atoms with Gasteiger partial charge in [0.25, 0.3) is 0 Å². The van der Waals surface area contributed by atoms with Crippen LogP contribution in [-0.2, 0) is 10.2 Å². The molecule has 1 amide bonds. The van der Waals surface area contributed by atoms with Crippen molar-refractivity contribution in [3.63, 3.8) is 0 Å². The number of ether oxygens (including phenoxy) is 1. The van der Waals surface area contributed by atoms with E-state index in [4.69, 9.17) is 16.3 Å². The maximum absolute atomic E-state index is 13.6. The topological polar surface area (TPSA) is 51.2 Å². The first-order valence-electron chi connectivity index (χ1n) is 10.6. The van der Waals surface area contributed by atoms with E-state index in [1.807, 2.05) is 48.5 Å². The fourth-order valence-electron chi connectivity index (χ4n) is 4.26. The number of nitrogens with one attached hydrogen (secondary N) is 1. The van der Waals surface area contributed by atoms with E-state index in [1.54, 1.807) is 6.20 Å². The van der Waals surface area contributed by atoms with E-state index in [0.29, 0.717) is 17.5 Å². The van der Waals surface area contributed by atoms with Crippen molar-refractivity contribution in [1.29, 1.82) is 0 Å². The molecule has 1 fully saturated rings. The van der Waals surface area contributed by atoms with Crippen molar-refractivity contribution in [3.8, 4) is 5.75 Å². The molecule has 0 radical (unpaired) electrons. The fourth-order valence-corrected chi connectivity index (χ4v) is 4.39. The van der Waals surface area contributed by atoms with Gasteiger partial charge in [0.05, 0.1) is 17.7 Å². The van der Waals surface area contributed by atoms with Crippen LogP contribution < -0.4 is 10.1 Å². The molecule has 2 aromatic carbocycles. The van der Waals surface area contributed by atoms with Crippen LogP contribution in [0.2, 0.25) is 5.02 Å². The molecule has 30 heavy (non-hydrogen) atoms. The van der Waals surface area contributed by atoms with Gasteiger partial charge < -0.3 is 10.1 Å². The molecular formula is C25H27ClN2O2. The average Bonchev–Trinajstić information content (AvgIpc) is 3.25. The highest BCUT2D eigenvalue weighted by Gasteiger charge is 2.42. The summed E-state index contributed by atoms with van der Waals surface area (Å²) in [6, 6.07) is 15.4. The van der Waals surface area contributed by atoms with Crippen molar-refractivity contribution >= 4 is 34.1 Å². The summed E-state index contributed by atoms with van der Waals surface area (Å²) in [6.07, 6.45) is 5.52. The average molecular weight is 423 g/mol. The Balaban J connectivity index is 1.67. The number of rotatable bonds is 6. The molecule has 3 aromatic rings. The van der Waals surface area contributed by atoms with E-state index in [1.165, 1.54) is 0 Å². The predicted octanol–water partition coefficient (Wildman–Crippen LogP) is 6.37. The van der Waals surface area contributed by atoms with E-state index in [2.05, 4.69) is 24.1 Å². The second-order valence-electron chi connectivity index (χ2n) is 8.47. The van der Waals surface area contributed by atoms with Gasteiger partial charge in [0, 0.05) is 16.6 Å². The number of carbonyl (C=O) groups is 1. The lowest BCUT2D eigenvalue weighted by molar-refractivity contribution is -0.121. The van der Waals surface area contributed by atoms with Gasteiger partial charge in [-0.05, 0) is 60.7 Å². The SMILES string of the molecule is CC(C)COc1ccc(NC(=O)C2(c3ccc(Cl)cc3)CCCC2)c2cccnc12. The molecule has 4 nitrogen and oxygen atoms in total. The van der Waals surface area contributed by atoms with Crippen LogP contribution >= 0.6 is 11.6 Å². The van der Waals surface area contributed by atoms with E-state index in [-0.39, 0.29) is 5.91 Å². The lowest BCUT2D eigenvalue weighted by Crippen LogP contribution is -2.38. The Morgan fingerprint density at radius 1 is 1.13 bits per heavy atom. The number of carbonyl (C=O) groups excluding carboxylic acids is 1. The van der Waals surface area contributed by atoms with Crippen LogP contribution in [0.3, 0.4) is 0 Å². The highest BCUT2D eigenvalue weighted by molar-refractivity contribution is 6.30. The molecule has 0 bridgehead atoms. The van der Waals surface area contributed by atoms with Gasteiger partial charge in [-0.15, -0.1) is 0 Å². The van der Waals surface area contributed by atoms with Crippen LogP contribution in [0.4, 0.5) is 5.69 Å². The molecule has 1 heterocycles. The Morgan fingerprint density at radius 3 is 2.57 bits per heavy atom. The zero-order valence-corrected chi connectivity index (χ0v) is 18.2. The monoisotopic (exact) mass is 422 g/mol. The van der Waals surface area contributed by atoms with Crippen molar-refractivity contribution < 1.29 is 9.53 Å². The first-order valence-corrected chi connectivity index (χ1v) is 11.0. The van der Waals surface area contributed by atoms with Gasteiger partial charge in [0.15, 0.2) is 0 Å². The van der Waals surface area contributed by atoms with E-state index in [9.17, 15) is 4.79 Å². The summed E-state index contributed by atoms with van der Waals surface area (Å²) < 4.78 is 5.95. The number of benzene rings is 2. The van der Waals surface area contributed by atoms with Gasteiger partial charge in [-0.2, -0.15) is 0 Å². The van der Waals surface area contributed by atoms with Crippen LogP contribution in [0, 0.1) is 5.92 Å². The Labute approximate surface area is 182 Å². The lowest BCUT2D eigenvalue weighted by Gasteiger charge is -2.28. The Bertz CT molecular complexity index is 1040. The van der Waals surface area contributed by atoms with Crippen LogP contribution in [0.1, 0.15) is 45.1 Å². The Kier molecular flexibility index (Phi) is 5.96. The number of hydrogen-bond acceptors (Lipinski definition) is 3. The molecule has 1 aliphatic rings. The third-order valence-electron chi connectivity index (χ3n) is 5.84. The van der Waals surface area contributed by atoms with Gasteiger partial charge in [0.1, 0.15) is 11.3 Å². The summed E-state index contributed by atoms with van der Waals surface area (Å²) in [6.45, 7) is 4.85. The summed E-state index contributed by atoms with van der Waals surface area (Å²) in [5.41, 5.74) is 2.04. The predicted molar refractivity (Wildman–Crippen MR) is 122 cm³/mol. The van der Waals surface area contributed by atoms with Gasteiger partial charge in [0.2, 0.25) is 5.91 Å². The number of amides is 1. The molecule has 0 atom stereocenters. The standard InChI is InChI=1S/C25H27ClN2O2/c1-17(2)16-30-22-12-11-21(20-6-5-15-27-23(20)22)28-24(29)25(13-3-4-14-25)18-7-9-19(26)10-8-18/h5-12,15,17H,3-4,13-14,16H2,1-2H3,(H,28,29). The van der Waals surface area contributed by atoms with Crippen molar-refractivity contribution in [1.82, 2.24) is 4.98 Å². The minimum Gasteiger partial charge on any atom is -0.491 e. The summed E-state index contributed by atoms with van der Waals surface area (Å²) in [5, 5.41) is 4.77. The number of pyridine rings is 1. The van der Waals surface area contributed by atoms with Crippen LogP contribution in [0.25, 0.3) is 10.9 Å².